The molecule has 1 aliphatic rings. The van der Waals surface area contributed by atoms with Gasteiger partial charge in [-0.25, -0.2) is 4.39 Å². The lowest BCUT2D eigenvalue weighted by Gasteiger charge is -2.23. The van der Waals surface area contributed by atoms with E-state index in [4.69, 9.17) is 13.8 Å². The zero-order valence-electron chi connectivity index (χ0n) is 27.3. The molecule has 6 rings (SSSR count). The van der Waals surface area contributed by atoms with Crippen molar-refractivity contribution >= 4 is 30.3 Å². The second-order valence-corrected chi connectivity index (χ2v) is 13.7. The molecule has 9 nitrogen and oxygen atoms in total. The van der Waals surface area contributed by atoms with Gasteiger partial charge in [-0.15, -0.1) is 0 Å². The lowest BCUT2D eigenvalue weighted by Crippen LogP contribution is -2.28. The standard InChI is InChI=1S/C38H37FN3O6P/c1-3-46-49(45,47-4-2)23-22-41-37(43)32-30-16-11-21-40-34(30)36(48-35(27-12-7-5-8-13-27)28-14-9-6-10-15-28)33-31(32)25-42(38(33)44)24-26-17-19-29(39)20-18-26/h5-21,35H,3-4,22-25H2,1-2H3,(H,41,43). The Bertz CT molecular complexity index is 1940. The molecule has 0 bridgehead atoms. The molecule has 0 fully saturated rings. The highest BCUT2D eigenvalue weighted by molar-refractivity contribution is 7.53. The highest BCUT2D eigenvalue weighted by atomic mass is 31.2. The summed E-state index contributed by atoms with van der Waals surface area (Å²) in [5.74, 6) is -0.908. The largest absolute Gasteiger partial charge is 0.478 e. The fourth-order valence-electron chi connectivity index (χ4n) is 6.10. The third-order valence-corrected chi connectivity index (χ3v) is 10.3. The monoisotopic (exact) mass is 681 g/mol. The molecule has 0 spiro atoms. The number of benzene rings is 4. The summed E-state index contributed by atoms with van der Waals surface area (Å²) in [6.07, 6.45) is 0.979. The molecule has 1 N–H and O–H groups in total. The Hall–Kier alpha value is -4.89. The number of amides is 2. The van der Waals surface area contributed by atoms with Gasteiger partial charge in [0, 0.05) is 36.8 Å². The Morgan fingerprint density at radius 1 is 0.918 bits per heavy atom. The van der Waals surface area contributed by atoms with Gasteiger partial charge in [-0.05, 0) is 48.7 Å². The van der Waals surface area contributed by atoms with Gasteiger partial charge < -0.3 is 24.0 Å². The molecule has 5 aromatic rings. The number of ether oxygens (including phenoxy) is 1. The average molecular weight is 682 g/mol. The van der Waals surface area contributed by atoms with Crippen LogP contribution < -0.4 is 10.1 Å². The van der Waals surface area contributed by atoms with E-state index in [2.05, 4.69) is 10.3 Å². The van der Waals surface area contributed by atoms with E-state index in [0.29, 0.717) is 16.5 Å². The molecule has 0 unspecified atom stereocenters. The minimum absolute atomic E-state index is 0.0161. The first-order chi connectivity index (χ1) is 23.8. The zero-order chi connectivity index (χ0) is 34.4. The smallest absolute Gasteiger partial charge is 0.332 e. The van der Waals surface area contributed by atoms with Gasteiger partial charge in [0.2, 0.25) is 0 Å². The van der Waals surface area contributed by atoms with Crippen molar-refractivity contribution in [3.8, 4) is 5.75 Å². The van der Waals surface area contributed by atoms with Gasteiger partial charge in [-0.3, -0.25) is 19.1 Å². The molecule has 0 radical (unpaired) electrons. The Balaban J connectivity index is 1.45. The zero-order valence-corrected chi connectivity index (χ0v) is 28.2. The molecule has 0 atom stereocenters. The maximum absolute atomic E-state index is 14.4. The third-order valence-electron chi connectivity index (χ3n) is 8.25. The van der Waals surface area contributed by atoms with Gasteiger partial charge in [-0.2, -0.15) is 0 Å². The highest BCUT2D eigenvalue weighted by Crippen LogP contribution is 2.47. The third kappa shape index (κ3) is 7.42. The molecule has 0 aliphatic carbocycles. The van der Waals surface area contributed by atoms with Crippen LogP contribution >= 0.6 is 7.60 Å². The number of nitrogens with zero attached hydrogens (tertiary/aromatic N) is 2. The molecule has 4 aromatic carbocycles. The van der Waals surface area contributed by atoms with Crippen LogP contribution in [0.5, 0.6) is 5.75 Å². The van der Waals surface area contributed by atoms with Crippen molar-refractivity contribution in [2.24, 2.45) is 0 Å². The van der Waals surface area contributed by atoms with Crippen molar-refractivity contribution in [1.29, 1.82) is 0 Å². The molecule has 49 heavy (non-hydrogen) atoms. The first-order valence-corrected chi connectivity index (χ1v) is 17.9. The summed E-state index contributed by atoms with van der Waals surface area (Å²) in [4.78, 5) is 34.7. The van der Waals surface area contributed by atoms with E-state index in [1.54, 1.807) is 49.2 Å². The summed E-state index contributed by atoms with van der Waals surface area (Å²) in [7, 11) is -3.41. The number of pyridine rings is 1. The van der Waals surface area contributed by atoms with Gasteiger partial charge in [0.25, 0.3) is 11.8 Å². The predicted molar refractivity (Wildman–Crippen MR) is 185 cm³/mol. The summed E-state index contributed by atoms with van der Waals surface area (Å²) in [5.41, 5.74) is 3.83. The maximum Gasteiger partial charge on any atom is 0.332 e. The Morgan fingerprint density at radius 3 is 2.16 bits per heavy atom. The van der Waals surface area contributed by atoms with E-state index in [1.807, 2.05) is 60.7 Å². The number of nitrogens with one attached hydrogen (secondary N) is 1. The van der Waals surface area contributed by atoms with Gasteiger partial charge in [-0.1, -0.05) is 78.9 Å². The van der Waals surface area contributed by atoms with Crippen LogP contribution in [0.3, 0.4) is 0 Å². The van der Waals surface area contributed by atoms with Crippen molar-refractivity contribution in [1.82, 2.24) is 15.2 Å². The van der Waals surface area contributed by atoms with Crippen LogP contribution in [0, 0.1) is 5.82 Å². The topological polar surface area (TPSA) is 107 Å². The number of hydrogen-bond donors (Lipinski definition) is 1. The van der Waals surface area contributed by atoms with E-state index in [0.717, 1.165) is 16.7 Å². The number of aromatic nitrogens is 1. The van der Waals surface area contributed by atoms with Crippen LogP contribution in [0.2, 0.25) is 0 Å². The minimum atomic E-state index is -3.41. The fraction of sp³-hybridized carbons (Fsp3) is 0.237. The SMILES string of the molecule is CCOP(=O)(CCNC(=O)c1c2c(c(OC(c3ccccc3)c3ccccc3)c3ncccc13)C(=O)N(Cc1ccc(F)cc1)C2)OCC. The molecule has 0 saturated heterocycles. The van der Waals surface area contributed by atoms with Crippen LogP contribution in [0.15, 0.2) is 103 Å². The summed E-state index contributed by atoms with van der Waals surface area (Å²) in [5, 5.41) is 3.38. The summed E-state index contributed by atoms with van der Waals surface area (Å²) in [6.45, 7) is 4.17. The number of halogens is 1. The highest BCUT2D eigenvalue weighted by Gasteiger charge is 2.38. The molecule has 11 heteroatoms. The second-order valence-electron chi connectivity index (χ2n) is 11.5. The van der Waals surface area contributed by atoms with Crippen LogP contribution in [0.4, 0.5) is 4.39 Å². The summed E-state index contributed by atoms with van der Waals surface area (Å²) in [6, 6.07) is 28.9. The van der Waals surface area contributed by atoms with E-state index >= 15 is 0 Å². The van der Waals surface area contributed by atoms with E-state index in [9.17, 15) is 18.5 Å². The minimum Gasteiger partial charge on any atom is -0.478 e. The van der Waals surface area contributed by atoms with Crippen LogP contribution in [-0.2, 0) is 26.7 Å². The van der Waals surface area contributed by atoms with E-state index in [1.165, 1.54) is 12.1 Å². The number of carbonyl (C=O) groups is 2. The van der Waals surface area contributed by atoms with Crippen LogP contribution in [0.25, 0.3) is 10.9 Å². The van der Waals surface area contributed by atoms with Gasteiger partial charge >= 0.3 is 7.60 Å². The summed E-state index contributed by atoms with van der Waals surface area (Å²) < 4.78 is 44.5. The van der Waals surface area contributed by atoms with Crippen molar-refractivity contribution in [2.75, 3.05) is 25.9 Å². The van der Waals surface area contributed by atoms with Gasteiger partial charge in [0.15, 0.2) is 5.75 Å². The Labute approximate surface area is 284 Å². The lowest BCUT2D eigenvalue weighted by atomic mass is 9.95. The van der Waals surface area contributed by atoms with Crippen molar-refractivity contribution in [3.63, 3.8) is 0 Å². The fourth-order valence-corrected chi connectivity index (χ4v) is 7.61. The number of fused-ring (bicyclic) bond motifs is 2. The molecule has 2 heterocycles. The summed E-state index contributed by atoms with van der Waals surface area (Å²) >= 11 is 0. The Morgan fingerprint density at radius 2 is 1.55 bits per heavy atom. The molecular weight excluding hydrogens is 644 g/mol. The number of carbonyl (C=O) groups excluding carboxylic acids is 2. The Kier molecular flexibility index (Phi) is 10.5. The molecule has 1 aliphatic heterocycles. The van der Waals surface area contributed by atoms with Crippen LogP contribution in [0.1, 0.15) is 62.9 Å². The van der Waals surface area contributed by atoms with Crippen molar-refractivity contribution in [2.45, 2.75) is 33.0 Å². The molecule has 1 aromatic heterocycles. The lowest BCUT2D eigenvalue weighted by molar-refractivity contribution is 0.0761. The number of hydrogen-bond acceptors (Lipinski definition) is 7. The molecular formula is C38H37FN3O6P. The normalized spacial score (nSPS) is 12.8. The second kappa shape index (κ2) is 15.1. The van der Waals surface area contributed by atoms with Crippen LogP contribution in [-0.4, -0.2) is 47.6 Å². The van der Waals surface area contributed by atoms with E-state index in [-0.39, 0.29) is 67.6 Å². The molecule has 252 valence electrons. The average Bonchev–Trinajstić information content (AvgIpc) is 3.43. The van der Waals surface area contributed by atoms with Gasteiger partial charge in [0.1, 0.15) is 17.4 Å². The predicted octanol–water partition coefficient (Wildman–Crippen LogP) is 7.69. The maximum atomic E-state index is 14.4. The van der Waals surface area contributed by atoms with E-state index < -0.39 is 19.6 Å². The quantitative estimate of drug-likeness (QED) is 0.120. The van der Waals surface area contributed by atoms with Crippen molar-refractivity contribution in [3.05, 3.63) is 142 Å². The van der Waals surface area contributed by atoms with Crippen molar-refractivity contribution < 1.29 is 32.3 Å². The first kappa shape index (κ1) is 34.0. The molecule has 0 saturated carbocycles. The molecule has 2 amide bonds. The first-order valence-electron chi connectivity index (χ1n) is 16.2. The van der Waals surface area contributed by atoms with Gasteiger partial charge in [0.05, 0.1) is 30.5 Å². The number of rotatable bonds is 14.